The van der Waals surface area contributed by atoms with Gasteiger partial charge in [0.25, 0.3) is 0 Å². The van der Waals surface area contributed by atoms with Gasteiger partial charge in [0.05, 0.1) is 6.61 Å². The molecule has 0 aromatic rings. The molecule has 0 fully saturated rings. The second kappa shape index (κ2) is 5.20. The number of methoxy groups -OCH3 is 1. The zero-order valence-electron chi connectivity index (χ0n) is 6.29. The third kappa shape index (κ3) is 3.42. The van der Waals surface area contributed by atoms with Gasteiger partial charge >= 0.3 is 0 Å². The van der Waals surface area contributed by atoms with Crippen molar-refractivity contribution < 1.29 is 14.3 Å². The van der Waals surface area contributed by atoms with E-state index in [0.29, 0.717) is 6.61 Å². The molecular weight excluding hydrogens is 134 g/mol. The first-order chi connectivity index (χ1) is 4.72. The second-order valence-corrected chi connectivity index (χ2v) is 1.79. The monoisotopic (exact) mass is 147 g/mol. The lowest BCUT2D eigenvalue weighted by atomic mass is 10.4. The zero-order valence-corrected chi connectivity index (χ0v) is 6.29. The first-order valence-corrected chi connectivity index (χ1v) is 3.12. The van der Waals surface area contributed by atoms with Crippen LogP contribution in [0, 0.1) is 0 Å². The molecular formula is C6H13NO3. The number of carbonyl (C=O) groups excluding carboxylic acids is 1. The summed E-state index contributed by atoms with van der Waals surface area (Å²) in [4.78, 5) is 10.5. The van der Waals surface area contributed by atoms with Crippen LogP contribution in [-0.4, -0.2) is 32.3 Å². The fourth-order valence-electron chi connectivity index (χ4n) is 0.491. The van der Waals surface area contributed by atoms with E-state index in [2.05, 4.69) is 0 Å². The molecule has 0 rings (SSSR count). The van der Waals surface area contributed by atoms with Gasteiger partial charge in [-0.25, -0.2) is 0 Å². The molecule has 0 spiro atoms. The fraction of sp³-hybridized carbons (Fsp3) is 0.833. The van der Waals surface area contributed by atoms with Crippen molar-refractivity contribution >= 4 is 5.91 Å². The van der Waals surface area contributed by atoms with Crippen LogP contribution in [0.2, 0.25) is 0 Å². The average Bonchev–Trinajstić information content (AvgIpc) is 1.89. The molecule has 4 heteroatoms. The Morgan fingerprint density at radius 2 is 2.30 bits per heavy atom. The lowest BCUT2D eigenvalue weighted by Gasteiger charge is -2.09. The molecule has 1 unspecified atom stereocenters. The zero-order chi connectivity index (χ0) is 7.98. The van der Waals surface area contributed by atoms with Crippen LogP contribution in [0.3, 0.4) is 0 Å². The quantitative estimate of drug-likeness (QED) is 0.571. The number of primary amides is 1. The van der Waals surface area contributed by atoms with Crippen LogP contribution in [0.1, 0.15) is 6.92 Å². The summed E-state index contributed by atoms with van der Waals surface area (Å²) in [6.07, 6.45) is -0.611. The van der Waals surface area contributed by atoms with Gasteiger partial charge in [-0.1, -0.05) is 0 Å². The smallest absolute Gasteiger partial charge is 0.248 e. The highest BCUT2D eigenvalue weighted by Crippen LogP contribution is 1.88. The van der Waals surface area contributed by atoms with Gasteiger partial charge < -0.3 is 15.2 Å². The van der Waals surface area contributed by atoms with E-state index in [1.807, 2.05) is 6.92 Å². The SMILES string of the molecule is CCOCC(OC)C(N)=O. The molecule has 0 bridgehead atoms. The topological polar surface area (TPSA) is 61.6 Å². The summed E-state index contributed by atoms with van der Waals surface area (Å²) in [5.41, 5.74) is 4.94. The first-order valence-electron chi connectivity index (χ1n) is 3.12. The lowest BCUT2D eigenvalue weighted by molar-refractivity contribution is -0.131. The molecule has 1 amide bonds. The molecule has 4 nitrogen and oxygen atoms in total. The number of ether oxygens (including phenoxy) is 2. The minimum absolute atomic E-state index is 0.238. The molecule has 60 valence electrons. The van der Waals surface area contributed by atoms with Crippen LogP contribution in [0.4, 0.5) is 0 Å². The van der Waals surface area contributed by atoms with Gasteiger partial charge in [0, 0.05) is 13.7 Å². The van der Waals surface area contributed by atoms with Crippen molar-refractivity contribution in [2.75, 3.05) is 20.3 Å². The fourth-order valence-corrected chi connectivity index (χ4v) is 0.491. The Morgan fingerprint density at radius 1 is 1.70 bits per heavy atom. The molecule has 0 aromatic carbocycles. The lowest BCUT2D eigenvalue weighted by Crippen LogP contribution is -2.34. The van der Waals surface area contributed by atoms with Crippen molar-refractivity contribution in [3.8, 4) is 0 Å². The molecule has 0 heterocycles. The summed E-state index contributed by atoms with van der Waals surface area (Å²) in [5.74, 6) is -0.490. The number of nitrogens with two attached hydrogens (primary N) is 1. The third-order valence-electron chi connectivity index (χ3n) is 1.08. The predicted octanol–water partition coefficient (Wildman–Crippen LogP) is -0.477. The minimum atomic E-state index is -0.611. The van der Waals surface area contributed by atoms with Crippen molar-refractivity contribution in [3.05, 3.63) is 0 Å². The Morgan fingerprint density at radius 3 is 2.60 bits per heavy atom. The number of hydrogen-bond acceptors (Lipinski definition) is 3. The van der Waals surface area contributed by atoms with Crippen LogP contribution in [0.25, 0.3) is 0 Å². The van der Waals surface area contributed by atoms with Gasteiger partial charge in [0.15, 0.2) is 6.10 Å². The van der Waals surface area contributed by atoms with Crippen LogP contribution in [-0.2, 0) is 14.3 Å². The Hall–Kier alpha value is -0.610. The highest BCUT2D eigenvalue weighted by Gasteiger charge is 2.12. The van der Waals surface area contributed by atoms with Crippen LogP contribution >= 0.6 is 0 Å². The summed E-state index contributed by atoms with van der Waals surface area (Å²) in [7, 11) is 1.43. The van der Waals surface area contributed by atoms with E-state index in [0.717, 1.165) is 0 Å². The second-order valence-electron chi connectivity index (χ2n) is 1.79. The van der Waals surface area contributed by atoms with E-state index < -0.39 is 12.0 Å². The molecule has 0 radical (unpaired) electrons. The van der Waals surface area contributed by atoms with E-state index in [-0.39, 0.29) is 6.61 Å². The number of amides is 1. The van der Waals surface area contributed by atoms with Crippen molar-refractivity contribution in [3.63, 3.8) is 0 Å². The number of carbonyl (C=O) groups is 1. The normalized spacial score (nSPS) is 13.0. The predicted molar refractivity (Wildman–Crippen MR) is 36.5 cm³/mol. The number of hydrogen-bond donors (Lipinski definition) is 1. The first kappa shape index (κ1) is 9.39. The highest BCUT2D eigenvalue weighted by molar-refractivity contribution is 5.78. The Bertz CT molecular complexity index is 105. The van der Waals surface area contributed by atoms with E-state index in [4.69, 9.17) is 15.2 Å². The standard InChI is InChI=1S/C6H13NO3/c1-3-10-4-5(9-2)6(7)8/h5H,3-4H2,1-2H3,(H2,7,8). The maximum absolute atomic E-state index is 10.5. The molecule has 0 saturated heterocycles. The van der Waals surface area contributed by atoms with E-state index >= 15 is 0 Å². The summed E-state index contributed by atoms with van der Waals surface area (Å²) in [5, 5.41) is 0. The maximum atomic E-state index is 10.5. The summed E-state index contributed by atoms with van der Waals surface area (Å²) in [6, 6.07) is 0. The van der Waals surface area contributed by atoms with Crippen molar-refractivity contribution in [2.24, 2.45) is 5.73 Å². The minimum Gasteiger partial charge on any atom is -0.378 e. The molecule has 0 aliphatic carbocycles. The van der Waals surface area contributed by atoms with E-state index in [1.54, 1.807) is 0 Å². The third-order valence-corrected chi connectivity index (χ3v) is 1.08. The maximum Gasteiger partial charge on any atom is 0.248 e. The molecule has 0 aliphatic heterocycles. The van der Waals surface area contributed by atoms with Crippen molar-refractivity contribution in [1.29, 1.82) is 0 Å². The van der Waals surface area contributed by atoms with Crippen molar-refractivity contribution in [1.82, 2.24) is 0 Å². The Kier molecular flexibility index (Phi) is 4.88. The van der Waals surface area contributed by atoms with Gasteiger partial charge in [-0.15, -0.1) is 0 Å². The van der Waals surface area contributed by atoms with Gasteiger partial charge in [-0.05, 0) is 6.92 Å². The van der Waals surface area contributed by atoms with E-state index in [1.165, 1.54) is 7.11 Å². The molecule has 0 aliphatic rings. The molecule has 2 N–H and O–H groups in total. The van der Waals surface area contributed by atoms with Crippen LogP contribution in [0.5, 0.6) is 0 Å². The Labute approximate surface area is 60.3 Å². The number of rotatable bonds is 5. The van der Waals surface area contributed by atoms with Gasteiger partial charge in [0.1, 0.15) is 0 Å². The largest absolute Gasteiger partial charge is 0.378 e. The molecule has 0 aromatic heterocycles. The Balaban J connectivity index is 3.50. The molecule has 0 saturated carbocycles. The summed E-state index contributed by atoms with van der Waals surface area (Å²) >= 11 is 0. The highest BCUT2D eigenvalue weighted by atomic mass is 16.5. The van der Waals surface area contributed by atoms with Crippen molar-refractivity contribution in [2.45, 2.75) is 13.0 Å². The van der Waals surface area contributed by atoms with Gasteiger partial charge in [0.2, 0.25) is 5.91 Å². The van der Waals surface area contributed by atoms with Gasteiger partial charge in [-0.2, -0.15) is 0 Å². The summed E-state index contributed by atoms with van der Waals surface area (Å²) in [6.45, 7) is 2.64. The molecule has 1 atom stereocenters. The van der Waals surface area contributed by atoms with Crippen LogP contribution < -0.4 is 5.73 Å². The van der Waals surface area contributed by atoms with Crippen LogP contribution in [0.15, 0.2) is 0 Å². The summed E-state index contributed by atoms with van der Waals surface area (Å²) < 4.78 is 9.64. The van der Waals surface area contributed by atoms with E-state index in [9.17, 15) is 4.79 Å². The molecule has 10 heavy (non-hydrogen) atoms. The van der Waals surface area contributed by atoms with Gasteiger partial charge in [-0.3, -0.25) is 4.79 Å². The average molecular weight is 147 g/mol.